The number of hydrogen-bond acceptors (Lipinski definition) is 7. The zero-order valence-corrected chi connectivity index (χ0v) is 16.0. The third kappa shape index (κ3) is 3.31. The van der Waals surface area contributed by atoms with Crippen molar-refractivity contribution >= 4 is 35.2 Å². The molecule has 29 heavy (non-hydrogen) atoms. The van der Waals surface area contributed by atoms with Crippen molar-refractivity contribution in [2.45, 2.75) is 51.1 Å². The molecule has 0 bridgehead atoms. The van der Waals surface area contributed by atoms with Gasteiger partial charge in [0.1, 0.15) is 11.6 Å². The zero-order valence-electron chi connectivity index (χ0n) is 16.0. The molecule has 148 valence electrons. The van der Waals surface area contributed by atoms with Crippen LogP contribution >= 0.6 is 0 Å². The molecule has 2 amide bonds. The van der Waals surface area contributed by atoms with E-state index in [2.05, 4.69) is 34.0 Å². The SMILES string of the molecule is C[C@@H](Nc1nc2c(/C=C3\CC(=O)NC3=O)cnn2c(NC2CC2)c1C#N)C1CC1. The van der Waals surface area contributed by atoms with Crippen LogP contribution in [0.1, 0.15) is 50.2 Å². The molecule has 1 atom stereocenters. The molecule has 2 saturated carbocycles. The summed E-state index contributed by atoms with van der Waals surface area (Å²) < 4.78 is 1.62. The van der Waals surface area contributed by atoms with E-state index in [-0.39, 0.29) is 24.3 Å². The van der Waals surface area contributed by atoms with Crippen LogP contribution in [-0.4, -0.2) is 38.5 Å². The van der Waals surface area contributed by atoms with Gasteiger partial charge in [-0.25, -0.2) is 4.98 Å². The molecule has 0 unspecified atom stereocenters. The summed E-state index contributed by atoms with van der Waals surface area (Å²) in [5.74, 6) is 1.03. The summed E-state index contributed by atoms with van der Waals surface area (Å²) in [4.78, 5) is 28.1. The monoisotopic (exact) mass is 391 g/mol. The minimum absolute atomic E-state index is 0.0451. The Kier molecular flexibility index (Phi) is 4.01. The summed E-state index contributed by atoms with van der Waals surface area (Å²) in [5, 5.41) is 23.4. The fraction of sp³-hybridized carbons (Fsp3) is 0.450. The average molecular weight is 391 g/mol. The molecule has 1 saturated heterocycles. The molecule has 1 aliphatic heterocycles. The fourth-order valence-electron chi connectivity index (χ4n) is 3.61. The number of nitriles is 1. The second kappa shape index (κ2) is 6.58. The van der Waals surface area contributed by atoms with Gasteiger partial charge in [-0.1, -0.05) is 0 Å². The second-order valence-electron chi connectivity index (χ2n) is 8.04. The van der Waals surface area contributed by atoms with E-state index in [0.717, 1.165) is 12.8 Å². The third-order valence-electron chi connectivity index (χ3n) is 5.62. The molecule has 9 nitrogen and oxygen atoms in total. The molecule has 5 rings (SSSR count). The first-order valence-electron chi connectivity index (χ1n) is 9.93. The molecule has 2 aromatic rings. The number of aromatic nitrogens is 3. The molecule has 0 radical (unpaired) electrons. The maximum Gasteiger partial charge on any atom is 0.254 e. The van der Waals surface area contributed by atoms with Gasteiger partial charge in [0.05, 0.1) is 12.6 Å². The molecule has 3 fully saturated rings. The number of imide groups is 1. The molecule has 0 aromatic carbocycles. The minimum Gasteiger partial charge on any atom is -0.366 e. The molecule has 3 aliphatic rings. The quantitative estimate of drug-likeness (QED) is 0.507. The molecular formula is C20H21N7O2. The van der Waals surface area contributed by atoms with Crippen molar-refractivity contribution in [2.75, 3.05) is 10.6 Å². The van der Waals surface area contributed by atoms with E-state index < -0.39 is 0 Å². The van der Waals surface area contributed by atoms with Crippen LogP contribution in [0, 0.1) is 17.2 Å². The lowest BCUT2D eigenvalue weighted by molar-refractivity contribution is -0.124. The van der Waals surface area contributed by atoms with E-state index in [1.807, 2.05) is 0 Å². The molecular weight excluding hydrogens is 370 g/mol. The van der Waals surface area contributed by atoms with Crippen LogP contribution < -0.4 is 16.0 Å². The highest BCUT2D eigenvalue weighted by molar-refractivity contribution is 6.15. The maximum absolute atomic E-state index is 11.9. The number of anilines is 2. The van der Waals surface area contributed by atoms with Gasteiger partial charge in [0.15, 0.2) is 17.3 Å². The standard InChI is InChI=1S/C20H21N7O2/c1-10(11-2-3-11)23-17-15(8-21)19(24-14-4-5-14)27-18(26-17)13(9-22-27)6-12-7-16(28)25-20(12)29/h6,9-11,14,24H,2-5,7H2,1H3,(H,23,26)(H,25,28,29)/b12-6+/t10-/m1/s1. The summed E-state index contributed by atoms with van der Waals surface area (Å²) in [5.41, 5.74) is 1.99. The normalized spacial score (nSPS) is 21.3. The van der Waals surface area contributed by atoms with Gasteiger partial charge in [0.25, 0.3) is 5.91 Å². The smallest absolute Gasteiger partial charge is 0.254 e. The van der Waals surface area contributed by atoms with Gasteiger partial charge in [-0.3, -0.25) is 14.9 Å². The van der Waals surface area contributed by atoms with Crippen LogP contribution in [0.5, 0.6) is 0 Å². The van der Waals surface area contributed by atoms with E-state index in [9.17, 15) is 14.9 Å². The number of carbonyl (C=O) groups is 2. The molecule has 0 spiro atoms. The summed E-state index contributed by atoms with van der Waals surface area (Å²) in [6, 6.07) is 2.82. The molecule has 2 aliphatic carbocycles. The Bertz CT molecular complexity index is 1100. The van der Waals surface area contributed by atoms with Crippen molar-refractivity contribution in [3.8, 4) is 6.07 Å². The Balaban J connectivity index is 1.63. The van der Waals surface area contributed by atoms with Crippen LogP contribution in [0.15, 0.2) is 11.8 Å². The molecule has 3 N–H and O–H groups in total. The van der Waals surface area contributed by atoms with Crippen LogP contribution in [-0.2, 0) is 9.59 Å². The summed E-state index contributed by atoms with van der Waals surface area (Å²) in [6.45, 7) is 2.10. The van der Waals surface area contributed by atoms with E-state index in [1.165, 1.54) is 12.8 Å². The summed E-state index contributed by atoms with van der Waals surface area (Å²) in [7, 11) is 0. The number of fused-ring (bicyclic) bond motifs is 1. The van der Waals surface area contributed by atoms with Crippen molar-refractivity contribution < 1.29 is 9.59 Å². The molecule has 9 heteroatoms. The van der Waals surface area contributed by atoms with Crippen LogP contribution in [0.2, 0.25) is 0 Å². The Labute approximate surface area is 167 Å². The van der Waals surface area contributed by atoms with Gasteiger partial charge in [0, 0.05) is 23.2 Å². The van der Waals surface area contributed by atoms with Crippen molar-refractivity contribution in [3.63, 3.8) is 0 Å². The number of nitrogens with zero attached hydrogens (tertiary/aromatic N) is 4. The number of nitrogens with one attached hydrogen (secondary N) is 3. The van der Waals surface area contributed by atoms with Crippen molar-refractivity contribution in [3.05, 3.63) is 22.9 Å². The Morgan fingerprint density at radius 1 is 1.34 bits per heavy atom. The van der Waals surface area contributed by atoms with Crippen LogP contribution in [0.3, 0.4) is 0 Å². The van der Waals surface area contributed by atoms with E-state index in [0.29, 0.717) is 45.9 Å². The van der Waals surface area contributed by atoms with Gasteiger partial charge in [0.2, 0.25) is 5.91 Å². The second-order valence-corrected chi connectivity index (χ2v) is 8.04. The lowest BCUT2D eigenvalue weighted by Gasteiger charge is -2.18. The number of hydrogen-bond donors (Lipinski definition) is 3. The van der Waals surface area contributed by atoms with Gasteiger partial charge >= 0.3 is 0 Å². The predicted octanol–water partition coefficient (Wildman–Crippen LogP) is 1.82. The average Bonchev–Trinajstić information content (AvgIpc) is 3.60. The van der Waals surface area contributed by atoms with Crippen molar-refractivity contribution in [1.29, 1.82) is 5.26 Å². The Morgan fingerprint density at radius 3 is 2.76 bits per heavy atom. The van der Waals surface area contributed by atoms with Crippen LogP contribution in [0.25, 0.3) is 11.7 Å². The highest BCUT2D eigenvalue weighted by Gasteiger charge is 2.31. The minimum atomic E-state index is -0.389. The first-order chi connectivity index (χ1) is 14.0. The summed E-state index contributed by atoms with van der Waals surface area (Å²) >= 11 is 0. The molecule has 2 aromatic heterocycles. The van der Waals surface area contributed by atoms with Gasteiger partial charge in [-0.15, -0.1) is 0 Å². The lowest BCUT2D eigenvalue weighted by Crippen LogP contribution is -2.21. The molecule has 3 heterocycles. The topological polar surface area (TPSA) is 124 Å². The predicted molar refractivity (Wildman–Crippen MR) is 106 cm³/mol. The van der Waals surface area contributed by atoms with E-state index in [1.54, 1.807) is 16.8 Å². The fourth-order valence-corrected chi connectivity index (χ4v) is 3.61. The lowest BCUT2D eigenvalue weighted by atomic mass is 10.1. The Hall–Kier alpha value is -3.41. The maximum atomic E-state index is 11.9. The van der Waals surface area contributed by atoms with Gasteiger partial charge < -0.3 is 10.6 Å². The van der Waals surface area contributed by atoms with Crippen molar-refractivity contribution in [2.24, 2.45) is 5.92 Å². The van der Waals surface area contributed by atoms with Gasteiger partial charge in [-0.05, 0) is 44.6 Å². The third-order valence-corrected chi connectivity index (χ3v) is 5.62. The number of rotatable bonds is 6. The largest absolute Gasteiger partial charge is 0.366 e. The highest BCUT2D eigenvalue weighted by Crippen LogP contribution is 2.36. The van der Waals surface area contributed by atoms with Crippen LogP contribution in [0.4, 0.5) is 11.6 Å². The van der Waals surface area contributed by atoms with Gasteiger partial charge in [-0.2, -0.15) is 14.9 Å². The number of amides is 2. The zero-order chi connectivity index (χ0) is 20.1. The highest BCUT2D eigenvalue weighted by atomic mass is 16.2. The Morgan fingerprint density at radius 2 is 2.14 bits per heavy atom. The first-order valence-corrected chi connectivity index (χ1v) is 9.93. The first kappa shape index (κ1) is 17.7. The van der Waals surface area contributed by atoms with Crippen molar-refractivity contribution in [1.82, 2.24) is 19.9 Å². The van der Waals surface area contributed by atoms with E-state index in [4.69, 9.17) is 4.98 Å². The summed E-state index contributed by atoms with van der Waals surface area (Å²) in [6.07, 6.45) is 7.77. The number of carbonyl (C=O) groups excluding carboxylic acids is 2. The van der Waals surface area contributed by atoms with E-state index >= 15 is 0 Å².